The minimum atomic E-state index is -1.66. The second-order valence-corrected chi connectivity index (χ2v) is 7.74. The fourth-order valence-corrected chi connectivity index (χ4v) is 4.66. The quantitative estimate of drug-likeness (QED) is 0.259. The Morgan fingerprint density at radius 2 is 1.81 bits per heavy atom. The summed E-state index contributed by atoms with van der Waals surface area (Å²) in [5.74, 6) is -3.14. The maximum Gasteiger partial charge on any atom is 0.315 e. The fourth-order valence-electron chi connectivity index (χ4n) is 4.66. The zero-order chi connectivity index (χ0) is 19.7. The van der Waals surface area contributed by atoms with Gasteiger partial charge in [-0.2, -0.15) is 0 Å². The predicted molar refractivity (Wildman–Crippen MR) is 81.6 cm³/mol. The van der Waals surface area contributed by atoms with Crippen LogP contribution in [-0.2, 0) is 23.7 Å². The van der Waals surface area contributed by atoms with Crippen molar-refractivity contribution in [2.75, 3.05) is 13.2 Å². The summed E-state index contributed by atoms with van der Waals surface area (Å²) in [5.41, 5.74) is -1.48. The predicted octanol–water partition coefficient (Wildman–Crippen LogP) is -3.94. The van der Waals surface area contributed by atoms with Crippen molar-refractivity contribution in [2.45, 2.75) is 61.7 Å². The molecule has 154 valence electrons. The number of hydrogen-bond donors (Lipinski definition) is 6. The average molecular weight is 392 g/mol. The van der Waals surface area contributed by atoms with Gasteiger partial charge in [0.15, 0.2) is 12.6 Å². The van der Waals surface area contributed by atoms with Crippen LogP contribution in [0.25, 0.3) is 0 Å². The normalized spacial score (nSPS) is 57.4. The van der Waals surface area contributed by atoms with E-state index in [4.69, 9.17) is 18.9 Å². The van der Waals surface area contributed by atoms with Crippen LogP contribution in [0.1, 0.15) is 6.92 Å². The third-order valence-electron chi connectivity index (χ3n) is 6.37. The van der Waals surface area contributed by atoms with Gasteiger partial charge in [0.05, 0.1) is 19.3 Å². The summed E-state index contributed by atoms with van der Waals surface area (Å²) in [6.45, 7) is 0.771. The monoisotopic (exact) mass is 392 g/mol. The van der Waals surface area contributed by atoms with Crippen molar-refractivity contribution in [1.82, 2.24) is 0 Å². The van der Waals surface area contributed by atoms with Crippen molar-refractivity contribution in [1.29, 1.82) is 0 Å². The third kappa shape index (κ3) is 2.65. The van der Waals surface area contributed by atoms with Gasteiger partial charge in [0, 0.05) is 11.8 Å². The molecule has 4 rings (SSSR count). The molecule has 1 saturated carbocycles. The molecule has 0 aromatic heterocycles. The summed E-state index contributed by atoms with van der Waals surface area (Å²) in [7, 11) is 0. The van der Waals surface area contributed by atoms with Crippen molar-refractivity contribution in [3.8, 4) is 0 Å². The molecule has 0 aromatic rings. The molecule has 0 radical (unpaired) electrons. The molecule has 6 N–H and O–H groups in total. The highest BCUT2D eigenvalue weighted by atomic mass is 16.8. The van der Waals surface area contributed by atoms with Gasteiger partial charge in [-0.3, -0.25) is 4.79 Å². The van der Waals surface area contributed by atoms with E-state index in [0.29, 0.717) is 0 Å². The summed E-state index contributed by atoms with van der Waals surface area (Å²) < 4.78 is 21.6. The van der Waals surface area contributed by atoms with Crippen LogP contribution in [0, 0.1) is 17.8 Å². The lowest BCUT2D eigenvalue weighted by molar-refractivity contribution is -0.359. The lowest BCUT2D eigenvalue weighted by atomic mass is 9.76. The molecule has 0 amide bonds. The first-order valence-corrected chi connectivity index (χ1v) is 8.89. The molecule has 3 aliphatic heterocycles. The molecular formula is C16H24O11. The number of aliphatic hydroxyl groups is 6. The maximum atomic E-state index is 12.3. The van der Waals surface area contributed by atoms with E-state index in [1.165, 1.54) is 0 Å². The van der Waals surface area contributed by atoms with E-state index in [0.717, 1.165) is 0 Å². The van der Waals surface area contributed by atoms with Crippen molar-refractivity contribution in [3.63, 3.8) is 0 Å². The first-order valence-electron chi connectivity index (χ1n) is 8.89. The zero-order valence-electron chi connectivity index (χ0n) is 14.5. The highest BCUT2D eigenvalue weighted by molar-refractivity contribution is 5.77. The molecule has 0 aromatic carbocycles. The Morgan fingerprint density at radius 3 is 2.48 bits per heavy atom. The first kappa shape index (κ1) is 19.4. The van der Waals surface area contributed by atoms with Gasteiger partial charge < -0.3 is 49.6 Å². The summed E-state index contributed by atoms with van der Waals surface area (Å²) in [6.07, 6.45) is -10.7. The summed E-state index contributed by atoms with van der Waals surface area (Å²) >= 11 is 0. The van der Waals surface area contributed by atoms with Gasteiger partial charge >= 0.3 is 5.97 Å². The Morgan fingerprint density at radius 1 is 1.11 bits per heavy atom. The van der Waals surface area contributed by atoms with Crippen LogP contribution in [-0.4, -0.2) is 105 Å². The SMILES string of the molecule is C[C@H]1[C@@H](O)[C@@H]2OC(=O)[C@@H]3[C@@H](O[C@@H]4O[C@H](CO)[C@@H](O)[C@H](O)[C@H]4O)OC[C@@]1(O)[C@H]23. The zero-order valence-corrected chi connectivity index (χ0v) is 14.5. The van der Waals surface area contributed by atoms with Gasteiger partial charge in [-0.15, -0.1) is 0 Å². The minimum absolute atomic E-state index is 0.235. The molecule has 12 atom stereocenters. The van der Waals surface area contributed by atoms with Gasteiger partial charge in [-0.05, 0) is 0 Å². The number of esters is 1. The first-order chi connectivity index (χ1) is 12.7. The van der Waals surface area contributed by atoms with E-state index in [1.807, 2.05) is 0 Å². The van der Waals surface area contributed by atoms with E-state index >= 15 is 0 Å². The standard InChI is InChI=1S/C16H24O11/c1-4-8(18)12-7-6(13(22)26-12)14(24-3-16(4,7)23)27-15-11(21)10(20)9(19)5(2-17)25-15/h4-12,14-15,17-21,23H,2-3H2,1H3/t4-,5+,6+,7-,8+,9+,10-,11+,12+,14+,15-,16-/m0/s1. The minimum Gasteiger partial charge on any atom is -0.459 e. The van der Waals surface area contributed by atoms with E-state index in [2.05, 4.69) is 0 Å². The molecule has 11 heteroatoms. The van der Waals surface area contributed by atoms with E-state index in [9.17, 15) is 35.4 Å². The molecule has 3 saturated heterocycles. The summed E-state index contributed by atoms with van der Waals surface area (Å²) in [5, 5.41) is 60.3. The van der Waals surface area contributed by atoms with E-state index in [-0.39, 0.29) is 6.61 Å². The Bertz CT molecular complexity index is 599. The van der Waals surface area contributed by atoms with Gasteiger partial charge in [0.1, 0.15) is 42.0 Å². The van der Waals surface area contributed by atoms with Crippen LogP contribution in [0.15, 0.2) is 0 Å². The lowest BCUT2D eigenvalue weighted by Crippen LogP contribution is -2.62. The Labute approximate surface area is 154 Å². The molecule has 3 heterocycles. The molecule has 27 heavy (non-hydrogen) atoms. The lowest BCUT2D eigenvalue weighted by Gasteiger charge is -2.45. The average Bonchev–Trinajstić information content (AvgIpc) is 3.09. The molecule has 1 aliphatic carbocycles. The van der Waals surface area contributed by atoms with Crippen LogP contribution in [0.2, 0.25) is 0 Å². The van der Waals surface area contributed by atoms with Crippen LogP contribution in [0.4, 0.5) is 0 Å². The number of hydrogen-bond acceptors (Lipinski definition) is 11. The highest BCUT2D eigenvalue weighted by Gasteiger charge is 2.71. The number of carbonyl (C=O) groups excluding carboxylic acids is 1. The molecule has 11 nitrogen and oxygen atoms in total. The van der Waals surface area contributed by atoms with Gasteiger partial charge in [0.25, 0.3) is 0 Å². The van der Waals surface area contributed by atoms with Gasteiger partial charge in [-0.1, -0.05) is 6.92 Å². The molecular weight excluding hydrogens is 368 g/mol. The fraction of sp³-hybridized carbons (Fsp3) is 0.938. The van der Waals surface area contributed by atoms with Crippen molar-refractivity contribution >= 4 is 5.97 Å². The Balaban J connectivity index is 1.55. The smallest absolute Gasteiger partial charge is 0.315 e. The summed E-state index contributed by atoms with van der Waals surface area (Å²) in [4.78, 5) is 12.3. The Hall–Kier alpha value is -0.890. The topological polar surface area (TPSA) is 175 Å². The Kier molecular flexibility index (Phi) is 4.73. The van der Waals surface area contributed by atoms with Gasteiger partial charge in [-0.25, -0.2) is 0 Å². The second kappa shape index (κ2) is 6.58. The molecule has 0 unspecified atom stereocenters. The second-order valence-electron chi connectivity index (χ2n) is 7.74. The maximum absolute atomic E-state index is 12.3. The molecule has 4 aliphatic rings. The van der Waals surface area contributed by atoms with Crippen LogP contribution in [0.5, 0.6) is 0 Å². The number of ether oxygens (including phenoxy) is 4. The van der Waals surface area contributed by atoms with E-state index in [1.54, 1.807) is 6.92 Å². The molecule has 4 fully saturated rings. The van der Waals surface area contributed by atoms with Crippen molar-refractivity contribution in [2.24, 2.45) is 17.8 Å². The number of aliphatic hydroxyl groups excluding tert-OH is 5. The van der Waals surface area contributed by atoms with Gasteiger partial charge in [0.2, 0.25) is 0 Å². The van der Waals surface area contributed by atoms with Crippen LogP contribution >= 0.6 is 0 Å². The van der Waals surface area contributed by atoms with Crippen molar-refractivity contribution in [3.05, 3.63) is 0 Å². The van der Waals surface area contributed by atoms with Crippen LogP contribution < -0.4 is 0 Å². The summed E-state index contributed by atoms with van der Waals surface area (Å²) in [6, 6.07) is 0. The number of rotatable bonds is 3. The largest absolute Gasteiger partial charge is 0.459 e. The number of carbonyl (C=O) groups is 1. The van der Waals surface area contributed by atoms with Crippen LogP contribution in [0.3, 0.4) is 0 Å². The molecule has 0 spiro atoms. The highest BCUT2D eigenvalue weighted by Crippen LogP contribution is 2.54. The van der Waals surface area contributed by atoms with E-state index < -0.39 is 85.1 Å². The van der Waals surface area contributed by atoms with Crippen molar-refractivity contribution < 1.29 is 54.4 Å². The third-order valence-corrected chi connectivity index (χ3v) is 6.37. The molecule has 0 bridgehead atoms.